The number of nitrogens with zero attached hydrogens (tertiary/aromatic N) is 1. The number of hydrogen-bond acceptors (Lipinski definition) is 2. The van der Waals surface area contributed by atoms with Crippen molar-refractivity contribution in [2.24, 2.45) is 0 Å². The molecule has 5 rings (SSSR count). The van der Waals surface area contributed by atoms with Crippen molar-refractivity contribution in [1.82, 2.24) is 4.98 Å². The van der Waals surface area contributed by atoms with Crippen LogP contribution < -0.4 is 0 Å². The van der Waals surface area contributed by atoms with Gasteiger partial charge in [0.1, 0.15) is 0 Å². The zero-order chi connectivity index (χ0) is 23.8. The van der Waals surface area contributed by atoms with E-state index in [-0.39, 0.29) is 5.78 Å². The number of carbonyl (C=O) groups excluding carboxylic acids is 1. The summed E-state index contributed by atoms with van der Waals surface area (Å²) in [6.45, 7) is 9.10. The molecule has 0 bridgehead atoms. The summed E-state index contributed by atoms with van der Waals surface area (Å²) in [4.78, 5) is 18.0. The summed E-state index contributed by atoms with van der Waals surface area (Å²) in [5.41, 5.74) is 10.5. The van der Waals surface area contributed by atoms with Gasteiger partial charge in [0.15, 0.2) is 5.78 Å². The Morgan fingerprint density at radius 3 is 2.24 bits per heavy atom. The molecule has 0 amide bonds. The standard InChI is InChI=1S/C32H33NO/c1-20(2)25-13-8-14-26(21(3)4)28(25)19-24-12-5-11-23-17-18-29(33-32(23)24)27-15-6-9-22-10-7-16-30(34)31(22)27/h5-6,8-9,11-15,17-18,20-21H,7,10,16,19H2,1-4H3. The molecule has 1 aliphatic rings. The van der Waals surface area contributed by atoms with Gasteiger partial charge in [0.05, 0.1) is 11.2 Å². The van der Waals surface area contributed by atoms with Gasteiger partial charge in [-0.05, 0) is 58.6 Å². The van der Waals surface area contributed by atoms with E-state index in [4.69, 9.17) is 4.98 Å². The quantitative estimate of drug-likeness (QED) is 0.308. The molecule has 3 aromatic carbocycles. The van der Waals surface area contributed by atoms with Crippen LogP contribution in [-0.4, -0.2) is 10.8 Å². The molecule has 1 aliphatic carbocycles. The lowest BCUT2D eigenvalue weighted by atomic mass is 9.85. The minimum absolute atomic E-state index is 0.250. The first kappa shape index (κ1) is 22.5. The van der Waals surface area contributed by atoms with Crippen LogP contribution in [0.3, 0.4) is 0 Å². The molecule has 0 unspecified atom stereocenters. The molecule has 0 fully saturated rings. The fourth-order valence-electron chi connectivity index (χ4n) is 5.52. The molecule has 0 saturated heterocycles. The van der Waals surface area contributed by atoms with Crippen molar-refractivity contribution in [3.05, 3.63) is 100 Å². The summed E-state index contributed by atoms with van der Waals surface area (Å²) in [5.74, 6) is 1.18. The van der Waals surface area contributed by atoms with Gasteiger partial charge in [-0.2, -0.15) is 0 Å². The van der Waals surface area contributed by atoms with Crippen LogP contribution in [0.25, 0.3) is 22.2 Å². The van der Waals surface area contributed by atoms with Crippen LogP contribution in [0.4, 0.5) is 0 Å². The molecule has 2 nitrogen and oxygen atoms in total. The third-order valence-corrected chi connectivity index (χ3v) is 7.22. The second-order valence-electron chi connectivity index (χ2n) is 10.2. The zero-order valence-electron chi connectivity index (χ0n) is 20.7. The number of ketones is 1. The molecule has 0 radical (unpaired) electrons. The van der Waals surface area contributed by atoms with Crippen LogP contribution in [0.2, 0.25) is 0 Å². The van der Waals surface area contributed by atoms with Crippen LogP contribution in [-0.2, 0) is 12.8 Å². The number of carbonyl (C=O) groups is 1. The average molecular weight is 448 g/mol. The normalized spacial score (nSPS) is 13.6. The molecule has 1 aromatic heterocycles. The van der Waals surface area contributed by atoms with E-state index < -0.39 is 0 Å². The van der Waals surface area contributed by atoms with E-state index in [2.05, 4.69) is 94.4 Å². The highest BCUT2D eigenvalue weighted by Gasteiger charge is 2.22. The summed E-state index contributed by atoms with van der Waals surface area (Å²) < 4.78 is 0. The zero-order valence-corrected chi connectivity index (χ0v) is 20.7. The van der Waals surface area contributed by atoms with Crippen LogP contribution in [0, 0.1) is 0 Å². The Hall–Kier alpha value is -3.26. The molecule has 4 aromatic rings. The van der Waals surface area contributed by atoms with Gasteiger partial charge in [-0.15, -0.1) is 0 Å². The van der Waals surface area contributed by atoms with Gasteiger partial charge in [0.2, 0.25) is 0 Å². The largest absolute Gasteiger partial charge is 0.294 e. The molecule has 34 heavy (non-hydrogen) atoms. The predicted octanol–water partition coefficient (Wildman–Crippen LogP) is 8.26. The highest BCUT2D eigenvalue weighted by Crippen LogP contribution is 2.34. The Morgan fingerprint density at radius 1 is 0.794 bits per heavy atom. The summed E-state index contributed by atoms with van der Waals surface area (Å²) in [5, 5.41) is 1.14. The van der Waals surface area contributed by atoms with E-state index >= 15 is 0 Å². The minimum atomic E-state index is 0.250. The van der Waals surface area contributed by atoms with Gasteiger partial charge < -0.3 is 0 Å². The van der Waals surface area contributed by atoms with Crippen molar-refractivity contribution in [3.63, 3.8) is 0 Å². The van der Waals surface area contributed by atoms with E-state index in [1.54, 1.807) is 0 Å². The molecule has 172 valence electrons. The Labute approximate surface area is 203 Å². The topological polar surface area (TPSA) is 30.0 Å². The first-order valence-electron chi connectivity index (χ1n) is 12.6. The molecule has 0 saturated carbocycles. The summed E-state index contributed by atoms with van der Waals surface area (Å²) >= 11 is 0. The van der Waals surface area contributed by atoms with Crippen LogP contribution >= 0.6 is 0 Å². The van der Waals surface area contributed by atoms with Crippen molar-refractivity contribution in [3.8, 4) is 11.3 Å². The third-order valence-electron chi connectivity index (χ3n) is 7.22. The van der Waals surface area contributed by atoms with Crippen molar-refractivity contribution >= 4 is 16.7 Å². The maximum atomic E-state index is 12.8. The van der Waals surface area contributed by atoms with Crippen LogP contribution in [0.15, 0.2) is 66.7 Å². The van der Waals surface area contributed by atoms with Gasteiger partial charge in [0.25, 0.3) is 0 Å². The maximum absolute atomic E-state index is 12.8. The van der Waals surface area contributed by atoms with Crippen molar-refractivity contribution in [2.75, 3.05) is 0 Å². The van der Waals surface area contributed by atoms with Crippen LogP contribution in [0.5, 0.6) is 0 Å². The average Bonchev–Trinajstić information content (AvgIpc) is 2.83. The van der Waals surface area contributed by atoms with E-state index in [0.717, 1.165) is 52.5 Å². The molecular formula is C32H33NO. The highest BCUT2D eigenvalue weighted by atomic mass is 16.1. The molecule has 0 spiro atoms. The lowest BCUT2D eigenvalue weighted by Gasteiger charge is -2.21. The molecule has 0 aliphatic heterocycles. The first-order chi connectivity index (χ1) is 16.4. The lowest BCUT2D eigenvalue weighted by Crippen LogP contribution is -2.12. The van der Waals surface area contributed by atoms with Crippen LogP contribution in [0.1, 0.15) is 90.5 Å². The number of benzene rings is 3. The van der Waals surface area contributed by atoms with Gasteiger partial charge in [-0.25, -0.2) is 4.98 Å². The number of pyridine rings is 1. The van der Waals surface area contributed by atoms with E-state index in [1.165, 1.54) is 22.3 Å². The molecule has 0 atom stereocenters. The number of Topliss-reactive ketones (excluding diaryl/α,β-unsaturated/α-hetero) is 1. The number of fused-ring (bicyclic) bond motifs is 2. The molecule has 1 heterocycles. The third kappa shape index (κ3) is 4.07. The minimum Gasteiger partial charge on any atom is -0.294 e. The van der Waals surface area contributed by atoms with E-state index in [0.29, 0.717) is 18.3 Å². The monoisotopic (exact) mass is 447 g/mol. The fraction of sp³-hybridized carbons (Fsp3) is 0.312. The van der Waals surface area contributed by atoms with Gasteiger partial charge in [-0.3, -0.25) is 4.79 Å². The summed E-state index contributed by atoms with van der Waals surface area (Å²) in [6, 6.07) is 23.7. The number of aromatic nitrogens is 1. The molecule has 2 heteroatoms. The first-order valence-corrected chi connectivity index (χ1v) is 12.6. The van der Waals surface area contributed by atoms with Gasteiger partial charge in [-0.1, -0.05) is 88.4 Å². The van der Waals surface area contributed by atoms with E-state index in [1.807, 2.05) is 0 Å². The Balaban J connectivity index is 1.66. The number of aryl methyl sites for hydroxylation is 1. The second kappa shape index (κ2) is 9.18. The van der Waals surface area contributed by atoms with Crippen molar-refractivity contribution in [1.29, 1.82) is 0 Å². The van der Waals surface area contributed by atoms with Crippen molar-refractivity contribution in [2.45, 2.75) is 65.2 Å². The molecule has 0 N–H and O–H groups in total. The lowest BCUT2D eigenvalue weighted by molar-refractivity contribution is 0.0973. The fourth-order valence-corrected chi connectivity index (χ4v) is 5.52. The number of rotatable bonds is 5. The summed E-state index contributed by atoms with van der Waals surface area (Å²) in [7, 11) is 0. The van der Waals surface area contributed by atoms with Gasteiger partial charge >= 0.3 is 0 Å². The number of hydrogen-bond donors (Lipinski definition) is 0. The Kier molecular flexibility index (Phi) is 6.08. The van der Waals surface area contributed by atoms with E-state index in [9.17, 15) is 4.79 Å². The maximum Gasteiger partial charge on any atom is 0.163 e. The van der Waals surface area contributed by atoms with Gasteiger partial charge in [0, 0.05) is 29.4 Å². The predicted molar refractivity (Wildman–Crippen MR) is 142 cm³/mol. The number of para-hydroxylation sites is 1. The smallest absolute Gasteiger partial charge is 0.163 e. The SMILES string of the molecule is CC(C)c1cccc(C(C)C)c1Cc1cccc2ccc(-c3cccc4c3C(=O)CCC4)nc12. The highest BCUT2D eigenvalue weighted by molar-refractivity contribution is 6.04. The molecular weight excluding hydrogens is 414 g/mol. The summed E-state index contributed by atoms with van der Waals surface area (Å²) in [6.07, 6.45) is 3.41. The second-order valence-corrected chi connectivity index (χ2v) is 10.2. The Morgan fingerprint density at radius 2 is 1.50 bits per heavy atom. The van der Waals surface area contributed by atoms with Crippen molar-refractivity contribution < 1.29 is 4.79 Å². The Bertz CT molecular complexity index is 1350.